The third kappa shape index (κ3) is 4.13. The van der Waals surface area contributed by atoms with Crippen LogP contribution in [0.1, 0.15) is 30.4 Å². The number of ether oxygens (including phenoxy) is 2. The zero-order valence-corrected chi connectivity index (χ0v) is 16.4. The molecule has 0 bridgehead atoms. The first-order chi connectivity index (χ1) is 13.8. The highest BCUT2D eigenvalue weighted by atomic mass is 16.6. The van der Waals surface area contributed by atoms with Crippen molar-refractivity contribution in [3.63, 3.8) is 0 Å². The molecule has 0 radical (unpaired) electrons. The molecule has 2 aliphatic rings. The van der Waals surface area contributed by atoms with E-state index >= 15 is 0 Å². The highest BCUT2D eigenvalue weighted by molar-refractivity contribution is 5.81. The average molecular weight is 380 g/mol. The lowest BCUT2D eigenvalue weighted by molar-refractivity contribution is -0.147. The van der Waals surface area contributed by atoms with Gasteiger partial charge in [0.15, 0.2) is 0 Å². The minimum absolute atomic E-state index is 0.115. The molecule has 4 nitrogen and oxygen atoms in total. The Morgan fingerprint density at radius 3 is 2.11 bits per heavy atom. The molecule has 1 aliphatic carbocycles. The van der Waals surface area contributed by atoms with Gasteiger partial charge in [-0.05, 0) is 43.5 Å². The van der Waals surface area contributed by atoms with Crippen molar-refractivity contribution in [1.29, 1.82) is 0 Å². The van der Waals surface area contributed by atoms with Gasteiger partial charge in [-0.2, -0.15) is 0 Å². The fourth-order valence-corrected chi connectivity index (χ4v) is 4.43. The van der Waals surface area contributed by atoms with E-state index < -0.39 is 0 Å². The molecule has 4 rings (SSSR count). The van der Waals surface area contributed by atoms with Crippen LogP contribution in [0.5, 0.6) is 0 Å². The van der Waals surface area contributed by atoms with Gasteiger partial charge in [0, 0.05) is 12.0 Å². The lowest BCUT2D eigenvalue weighted by Crippen LogP contribution is -2.25. The molecule has 0 spiro atoms. The first kappa shape index (κ1) is 19.2. The van der Waals surface area contributed by atoms with Crippen LogP contribution in [-0.2, 0) is 19.7 Å². The maximum absolute atomic E-state index is 12.7. The van der Waals surface area contributed by atoms with Gasteiger partial charge >= 0.3 is 5.97 Å². The van der Waals surface area contributed by atoms with E-state index in [0.717, 1.165) is 13.0 Å². The lowest BCUT2D eigenvalue weighted by atomic mass is 9.86. The molecule has 0 aromatic heterocycles. The van der Waals surface area contributed by atoms with Crippen molar-refractivity contribution in [1.82, 2.24) is 4.90 Å². The van der Waals surface area contributed by atoms with Gasteiger partial charge in [-0.1, -0.05) is 60.7 Å². The molecule has 1 saturated carbocycles. The van der Waals surface area contributed by atoms with Gasteiger partial charge in [0.1, 0.15) is 6.61 Å². The van der Waals surface area contributed by atoms with Crippen LogP contribution >= 0.6 is 0 Å². The van der Waals surface area contributed by atoms with Crippen LogP contribution in [0.2, 0.25) is 0 Å². The number of rotatable bonds is 9. The standard InChI is InChI=1S/C24H29NO3/c26-23(28-18-17-27-16-15-25-13-7-8-14-25)22-19-24(22,20-9-3-1-4-10-20)21-11-5-2-6-12-21/h1-6,9-12,22H,7-8,13-19H2. The van der Waals surface area contributed by atoms with Crippen LogP contribution in [0, 0.1) is 5.92 Å². The molecule has 1 atom stereocenters. The summed E-state index contributed by atoms with van der Waals surface area (Å²) >= 11 is 0. The summed E-state index contributed by atoms with van der Waals surface area (Å²) in [7, 11) is 0. The summed E-state index contributed by atoms with van der Waals surface area (Å²) in [6, 6.07) is 20.6. The molecular weight excluding hydrogens is 350 g/mol. The maximum atomic E-state index is 12.7. The zero-order chi connectivity index (χ0) is 19.2. The summed E-state index contributed by atoms with van der Waals surface area (Å²) in [6.45, 7) is 4.84. The Kier molecular flexibility index (Phi) is 6.08. The van der Waals surface area contributed by atoms with Gasteiger partial charge in [0.2, 0.25) is 0 Å². The Hall–Kier alpha value is -2.17. The fraction of sp³-hybridized carbons (Fsp3) is 0.458. The number of carbonyl (C=O) groups is 1. The Balaban J connectivity index is 1.29. The number of nitrogens with zero attached hydrogens (tertiary/aromatic N) is 1. The van der Waals surface area contributed by atoms with E-state index in [1.54, 1.807) is 0 Å². The first-order valence-electron chi connectivity index (χ1n) is 10.4. The van der Waals surface area contributed by atoms with Crippen LogP contribution < -0.4 is 0 Å². The Labute approximate surface area is 167 Å². The number of hydrogen-bond donors (Lipinski definition) is 0. The second-order valence-corrected chi connectivity index (χ2v) is 7.79. The van der Waals surface area contributed by atoms with Crippen molar-refractivity contribution in [3.8, 4) is 0 Å². The normalized spacial score (nSPS) is 20.8. The third-order valence-electron chi connectivity index (χ3n) is 6.05. The highest BCUT2D eigenvalue weighted by Crippen LogP contribution is 2.59. The largest absolute Gasteiger partial charge is 0.463 e. The molecule has 2 fully saturated rings. The molecule has 1 aliphatic heterocycles. The predicted octanol–water partition coefficient (Wildman–Crippen LogP) is 3.65. The van der Waals surface area contributed by atoms with Crippen molar-refractivity contribution in [2.45, 2.75) is 24.7 Å². The molecule has 1 heterocycles. The quantitative estimate of drug-likeness (QED) is 0.492. The SMILES string of the molecule is O=C(OCCOCCN1CCCC1)C1CC1(c1ccccc1)c1ccccc1. The van der Waals surface area contributed by atoms with E-state index in [1.165, 1.54) is 37.1 Å². The van der Waals surface area contributed by atoms with Crippen molar-refractivity contribution in [2.24, 2.45) is 5.92 Å². The number of hydrogen-bond acceptors (Lipinski definition) is 4. The Morgan fingerprint density at radius 2 is 1.50 bits per heavy atom. The first-order valence-corrected chi connectivity index (χ1v) is 10.4. The zero-order valence-electron chi connectivity index (χ0n) is 16.4. The summed E-state index contributed by atoms with van der Waals surface area (Å²) < 4.78 is 11.2. The smallest absolute Gasteiger partial charge is 0.310 e. The van der Waals surface area contributed by atoms with E-state index in [4.69, 9.17) is 9.47 Å². The Morgan fingerprint density at radius 1 is 0.893 bits per heavy atom. The number of carbonyl (C=O) groups excluding carboxylic acids is 1. The second-order valence-electron chi connectivity index (χ2n) is 7.79. The summed E-state index contributed by atoms with van der Waals surface area (Å²) in [5.74, 6) is -0.238. The highest BCUT2D eigenvalue weighted by Gasteiger charge is 2.61. The number of benzene rings is 2. The lowest BCUT2D eigenvalue weighted by Gasteiger charge is -2.18. The second kappa shape index (κ2) is 8.89. The van der Waals surface area contributed by atoms with Gasteiger partial charge in [-0.3, -0.25) is 4.79 Å². The molecule has 148 valence electrons. The van der Waals surface area contributed by atoms with Gasteiger partial charge in [0.25, 0.3) is 0 Å². The average Bonchev–Trinajstić information content (AvgIpc) is 3.31. The predicted molar refractivity (Wildman–Crippen MR) is 109 cm³/mol. The molecule has 4 heteroatoms. The molecule has 1 unspecified atom stereocenters. The topological polar surface area (TPSA) is 38.8 Å². The molecule has 1 saturated heterocycles. The monoisotopic (exact) mass is 379 g/mol. The van der Waals surface area contributed by atoms with E-state index in [0.29, 0.717) is 19.8 Å². The number of likely N-dealkylation sites (tertiary alicyclic amines) is 1. The summed E-state index contributed by atoms with van der Waals surface area (Å²) in [5.41, 5.74) is 2.12. The van der Waals surface area contributed by atoms with E-state index in [2.05, 4.69) is 29.2 Å². The van der Waals surface area contributed by atoms with Gasteiger partial charge in [-0.15, -0.1) is 0 Å². The van der Waals surface area contributed by atoms with Crippen LogP contribution in [0.3, 0.4) is 0 Å². The Bertz CT molecular complexity index is 716. The van der Waals surface area contributed by atoms with E-state index in [-0.39, 0.29) is 17.3 Å². The van der Waals surface area contributed by atoms with Gasteiger partial charge < -0.3 is 14.4 Å². The number of esters is 1. The minimum Gasteiger partial charge on any atom is -0.463 e. The van der Waals surface area contributed by atoms with Crippen LogP contribution in [-0.4, -0.2) is 50.3 Å². The van der Waals surface area contributed by atoms with Gasteiger partial charge in [0.05, 0.1) is 19.1 Å². The van der Waals surface area contributed by atoms with Crippen LogP contribution in [0.15, 0.2) is 60.7 Å². The van der Waals surface area contributed by atoms with Crippen molar-refractivity contribution >= 4 is 5.97 Å². The molecule has 0 amide bonds. The summed E-state index contributed by atoms with van der Waals surface area (Å²) in [4.78, 5) is 15.1. The molecule has 2 aromatic carbocycles. The van der Waals surface area contributed by atoms with Gasteiger partial charge in [-0.25, -0.2) is 0 Å². The third-order valence-corrected chi connectivity index (χ3v) is 6.05. The van der Waals surface area contributed by atoms with Crippen LogP contribution in [0.4, 0.5) is 0 Å². The molecular formula is C24H29NO3. The fourth-order valence-electron chi connectivity index (χ4n) is 4.43. The van der Waals surface area contributed by atoms with E-state index in [9.17, 15) is 4.79 Å². The minimum atomic E-state index is -0.254. The van der Waals surface area contributed by atoms with Crippen LogP contribution in [0.25, 0.3) is 0 Å². The molecule has 0 N–H and O–H groups in total. The van der Waals surface area contributed by atoms with Crippen molar-refractivity contribution < 1.29 is 14.3 Å². The molecule has 28 heavy (non-hydrogen) atoms. The molecule has 2 aromatic rings. The maximum Gasteiger partial charge on any atom is 0.310 e. The van der Waals surface area contributed by atoms with Crippen molar-refractivity contribution in [3.05, 3.63) is 71.8 Å². The summed E-state index contributed by atoms with van der Waals surface area (Å²) in [6.07, 6.45) is 3.39. The summed E-state index contributed by atoms with van der Waals surface area (Å²) in [5, 5.41) is 0. The van der Waals surface area contributed by atoms with Crippen molar-refractivity contribution in [2.75, 3.05) is 39.5 Å². The van der Waals surface area contributed by atoms with E-state index in [1.807, 2.05) is 36.4 Å².